The van der Waals surface area contributed by atoms with E-state index in [0.29, 0.717) is 23.5 Å². The molecule has 5 rings (SSSR count). The molecule has 0 saturated heterocycles. The van der Waals surface area contributed by atoms with Crippen LogP contribution in [0.5, 0.6) is 0 Å². The molecule has 0 N–H and O–H groups in total. The zero-order valence-corrected chi connectivity index (χ0v) is 15.2. The summed E-state index contributed by atoms with van der Waals surface area (Å²) in [6.07, 6.45) is 10.2. The van der Waals surface area contributed by atoms with Crippen molar-refractivity contribution >= 4 is 16.6 Å². The van der Waals surface area contributed by atoms with E-state index in [1.54, 1.807) is 0 Å². The second kappa shape index (κ2) is 5.30. The first-order valence-corrected chi connectivity index (χ1v) is 9.91. The average molecular weight is 330 g/mol. The Morgan fingerprint density at radius 2 is 2.12 bits per heavy atom. The standard InChI is InChI=1S/C24H26O/c1-3-15(2)20-6-4-5-17-12-18-9-10-24(14-16-7-8-19(24)11-16)23(25)22(18)13-21(17)20/h4-8,12-13,15-16,19H,3,9-11,14H2,1-2H3. The first-order chi connectivity index (χ1) is 12.1. The van der Waals surface area contributed by atoms with Gasteiger partial charge in [-0.2, -0.15) is 0 Å². The molecule has 0 amide bonds. The Morgan fingerprint density at radius 1 is 1.24 bits per heavy atom. The fourth-order valence-corrected chi connectivity index (χ4v) is 5.71. The molecule has 3 aliphatic rings. The van der Waals surface area contributed by atoms with Gasteiger partial charge in [-0.25, -0.2) is 0 Å². The number of carbonyl (C=O) groups is 1. The molecule has 0 heterocycles. The Bertz CT molecular complexity index is 906. The third-order valence-electron chi connectivity index (χ3n) is 7.33. The van der Waals surface area contributed by atoms with E-state index < -0.39 is 0 Å². The number of hydrogen-bond acceptors (Lipinski definition) is 1. The highest BCUT2D eigenvalue weighted by Gasteiger charge is 2.54. The monoisotopic (exact) mass is 330 g/mol. The predicted octanol–water partition coefficient (Wildman–Crippen LogP) is 6.06. The van der Waals surface area contributed by atoms with Crippen molar-refractivity contribution in [2.24, 2.45) is 17.3 Å². The van der Waals surface area contributed by atoms with E-state index >= 15 is 0 Å². The number of rotatable bonds is 2. The largest absolute Gasteiger partial charge is 0.294 e. The van der Waals surface area contributed by atoms with Gasteiger partial charge in [-0.1, -0.05) is 50.3 Å². The van der Waals surface area contributed by atoms with Crippen LogP contribution in [0.4, 0.5) is 0 Å². The maximum atomic E-state index is 13.6. The van der Waals surface area contributed by atoms with Gasteiger partial charge in [0.05, 0.1) is 0 Å². The molecule has 2 aromatic rings. The number of benzene rings is 2. The number of ketones is 1. The van der Waals surface area contributed by atoms with Gasteiger partial charge in [-0.3, -0.25) is 4.79 Å². The molecule has 1 nitrogen and oxygen atoms in total. The van der Waals surface area contributed by atoms with Crippen molar-refractivity contribution in [3.63, 3.8) is 0 Å². The molecule has 1 saturated carbocycles. The fraction of sp³-hybridized carbons (Fsp3) is 0.458. The van der Waals surface area contributed by atoms with E-state index in [1.165, 1.54) is 28.3 Å². The fourth-order valence-electron chi connectivity index (χ4n) is 5.71. The van der Waals surface area contributed by atoms with Crippen molar-refractivity contribution in [3.05, 3.63) is 59.2 Å². The minimum Gasteiger partial charge on any atom is -0.294 e. The number of carbonyl (C=O) groups excluding carboxylic acids is 1. The summed E-state index contributed by atoms with van der Waals surface area (Å²) < 4.78 is 0. The lowest BCUT2D eigenvalue weighted by Gasteiger charge is -2.38. The average Bonchev–Trinajstić information content (AvgIpc) is 3.24. The van der Waals surface area contributed by atoms with Gasteiger partial charge in [0, 0.05) is 11.0 Å². The van der Waals surface area contributed by atoms with Gasteiger partial charge in [0.1, 0.15) is 0 Å². The van der Waals surface area contributed by atoms with E-state index in [9.17, 15) is 4.79 Å². The van der Waals surface area contributed by atoms with Gasteiger partial charge in [0.2, 0.25) is 0 Å². The van der Waals surface area contributed by atoms with Crippen LogP contribution >= 0.6 is 0 Å². The van der Waals surface area contributed by atoms with Crippen LogP contribution in [0.2, 0.25) is 0 Å². The molecule has 0 radical (unpaired) electrons. The molecule has 1 fully saturated rings. The quantitative estimate of drug-likeness (QED) is 0.611. The van der Waals surface area contributed by atoms with Gasteiger partial charge in [-0.05, 0) is 77.8 Å². The van der Waals surface area contributed by atoms with Gasteiger partial charge < -0.3 is 0 Å². The molecule has 128 valence electrons. The summed E-state index contributed by atoms with van der Waals surface area (Å²) in [5.41, 5.74) is 3.60. The lowest BCUT2D eigenvalue weighted by atomic mass is 9.63. The van der Waals surface area contributed by atoms with Crippen LogP contribution in [0.1, 0.15) is 66.9 Å². The van der Waals surface area contributed by atoms with Crippen LogP contribution in [-0.4, -0.2) is 5.78 Å². The second-order valence-electron chi connectivity index (χ2n) is 8.56. The number of aryl methyl sites for hydroxylation is 1. The maximum absolute atomic E-state index is 13.6. The van der Waals surface area contributed by atoms with Crippen LogP contribution in [-0.2, 0) is 6.42 Å². The molecule has 2 bridgehead atoms. The molecule has 1 heteroatoms. The molecule has 1 spiro atoms. The van der Waals surface area contributed by atoms with Gasteiger partial charge in [0.25, 0.3) is 0 Å². The summed E-state index contributed by atoms with van der Waals surface area (Å²) in [6.45, 7) is 4.53. The summed E-state index contributed by atoms with van der Waals surface area (Å²) in [5.74, 6) is 2.09. The highest BCUT2D eigenvalue weighted by molar-refractivity contribution is 6.07. The minimum atomic E-state index is -0.0919. The molecule has 0 aliphatic heterocycles. The van der Waals surface area contributed by atoms with Crippen LogP contribution in [0, 0.1) is 17.3 Å². The summed E-state index contributed by atoms with van der Waals surface area (Å²) in [4.78, 5) is 13.6. The van der Waals surface area contributed by atoms with Crippen molar-refractivity contribution in [1.82, 2.24) is 0 Å². The zero-order valence-electron chi connectivity index (χ0n) is 15.2. The highest BCUT2D eigenvalue weighted by Crippen LogP contribution is 2.57. The Balaban J connectivity index is 1.67. The van der Waals surface area contributed by atoms with Crippen LogP contribution in [0.25, 0.3) is 10.8 Å². The van der Waals surface area contributed by atoms with Crippen LogP contribution in [0.15, 0.2) is 42.5 Å². The molecule has 2 aromatic carbocycles. The Labute approximate surface area is 150 Å². The Morgan fingerprint density at radius 3 is 2.84 bits per heavy atom. The molecule has 3 aliphatic carbocycles. The molecule has 4 unspecified atom stereocenters. The number of hydrogen-bond donors (Lipinski definition) is 0. The first kappa shape index (κ1) is 15.4. The third kappa shape index (κ3) is 2.05. The summed E-state index contributed by atoms with van der Waals surface area (Å²) in [7, 11) is 0. The maximum Gasteiger partial charge on any atom is 0.169 e. The van der Waals surface area contributed by atoms with Crippen molar-refractivity contribution in [2.45, 2.75) is 51.9 Å². The number of Topliss-reactive ketones (excluding diaryl/α,β-unsaturated/α-hetero) is 1. The highest BCUT2D eigenvalue weighted by atomic mass is 16.1. The van der Waals surface area contributed by atoms with Crippen LogP contribution < -0.4 is 0 Å². The Hall–Kier alpha value is -1.89. The molecule has 25 heavy (non-hydrogen) atoms. The number of fused-ring (bicyclic) bond motifs is 5. The topological polar surface area (TPSA) is 17.1 Å². The smallest absolute Gasteiger partial charge is 0.169 e. The zero-order chi connectivity index (χ0) is 17.2. The van der Waals surface area contributed by atoms with Gasteiger partial charge >= 0.3 is 0 Å². The summed E-state index contributed by atoms with van der Waals surface area (Å²) in [6, 6.07) is 11.2. The summed E-state index contributed by atoms with van der Waals surface area (Å²) >= 11 is 0. The summed E-state index contributed by atoms with van der Waals surface area (Å²) in [5, 5.41) is 2.59. The van der Waals surface area contributed by atoms with E-state index in [-0.39, 0.29) is 5.41 Å². The third-order valence-corrected chi connectivity index (χ3v) is 7.33. The van der Waals surface area contributed by atoms with E-state index in [2.05, 4.69) is 56.3 Å². The molecular weight excluding hydrogens is 304 g/mol. The van der Waals surface area contributed by atoms with E-state index in [0.717, 1.165) is 31.2 Å². The SMILES string of the molecule is CCC(C)c1cccc2cc3c(cc12)C(=O)C1(CC3)CC2C=CC1C2. The lowest BCUT2D eigenvalue weighted by molar-refractivity contribution is 0.0703. The Kier molecular flexibility index (Phi) is 3.26. The lowest BCUT2D eigenvalue weighted by Crippen LogP contribution is -2.39. The number of allylic oxidation sites excluding steroid dienone is 2. The molecule has 0 aromatic heterocycles. The van der Waals surface area contributed by atoms with Crippen molar-refractivity contribution < 1.29 is 4.79 Å². The predicted molar refractivity (Wildman–Crippen MR) is 103 cm³/mol. The first-order valence-electron chi connectivity index (χ1n) is 9.91. The molecule has 4 atom stereocenters. The minimum absolute atomic E-state index is 0.0919. The van der Waals surface area contributed by atoms with Crippen molar-refractivity contribution in [2.75, 3.05) is 0 Å². The normalized spacial score (nSPS) is 31.0. The second-order valence-corrected chi connectivity index (χ2v) is 8.56. The van der Waals surface area contributed by atoms with Crippen molar-refractivity contribution in [1.29, 1.82) is 0 Å². The van der Waals surface area contributed by atoms with E-state index in [1.807, 2.05) is 0 Å². The van der Waals surface area contributed by atoms with E-state index in [4.69, 9.17) is 0 Å². The van der Waals surface area contributed by atoms with Gasteiger partial charge in [0.15, 0.2) is 5.78 Å². The van der Waals surface area contributed by atoms with Crippen molar-refractivity contribution in [3.8, 4) is 0 Å². The molecular formula is C24H26O. The van der Waals surface area contributed by atoms with Crippen LogP contribution in [0.3, 0.4) is 0 Å². The van der Waals surface area contributed by atoms with Gasteiger partial charge in [-0.15, -0.1) is 0 Å².